The molecule has 6 heteroatoms. The van der Waals surface area contributed by atoms with Gasteiger partial charge in [0.05, 0.1) is 17.2 Å². The summed E-state index contributed by atoms with van der Waals surface area (Å²) in [5, 5.41) is 1.99. The minimum atomic E-state index is 0.0435. The number of methoxy groups -OCH3 is 1. The van der Waals surface area contributed by atoms with Gasteiger partial charge in [0.2, 0.25) is 0 Å². The van der Waals surface area contributed by atoms with Gasteiger partial charge in [0.1, 0.15) is 12.1 Å². The van der Waals surface area contributed by atoms with Crippen molar-refractivity contribution in [1.29, 1.82) is 0 Å². The second-order valence-electron chi connectivity index (χ2n) is 5.88. The van der Waals surface area contributed by atoms with Crippen molar-refractivity contribution >= 4 is 22.9 Å². The van der Waals surface area contributed by atoms with Gasteiger partial charge in [-0.2, -0.15) is 0 Å². The van der Waals surface area contributed by atoms with Crippen molar-refractivity contribution in [2.75, 3.05) is 25.1 Å². The number of aryl methyl sites for hydroxylation is 1. The lowest BCUT2D eigenvalue weighted by molar-refractivity contribution is 0.0910. The molecule has 0 bridgehead atoms. The number of thiophene rings is 1. The minimum absolute atomic E-state index is 0.0435. The molecule has 0 aromatic carbocycles. The predicted molar refractivity (Wildman–Crippen MR) is 91.1 cm³/mol. The number of hydrogen-bond acceptors (Lipinski definition) is 6. The van der Waals surface area contributed by atoms with Crippen LogP contribution in [-0.4, -0.2) is 36.0 Å². The van der Waals surface area contributed by atoms with Gasteiger partial charge in [-0.05, 0) is 36.8 Å². The Morgan fingerprint density at radius 1 is 1.48 bits per heavy atom. The van der Waals surface area contributed by atoms with Crippen LogP contribution in [-0.2, 0) is 11.3 Å². The maximum absolute atomic E-state index is 12.8. The molecule has 1 aliphatic rings. The van der Waals surface area contributed by atoms with Gasteiger partial charge in [0.25, 0.3) is 0 Å². The smallest absolute Gasteiger partial charge is 0.177 e. The molecule has 0 unspecified atom stereocenters. The van der Waals surface area contributed by atoms with E-state index in [1.807, 2.05) is 24.4 Å². The molecule has 3 rings (SSSR count). The summed E-state index contributed by atoms with van der Waals surface area (Å²) in [6.07, 6.45) is 3.52. The molecule has 5 nitrogen and oxygen atoms in total. The molecule has 3 heterocycles. The number of piperidine rings is 1. The zero-order valence-electron chi connectivity index (χ0n) is 13.5. The van der Waals surface area contributed by atoms with Gasteiger partial charge in [-0.3, -0.25) is 4.79 Å². The van der Waals surface area contributed by atoms with E-state index < -0.39 is 0 Å². The molecule has 23 heavy (non-hydrogen) atoms. The fourth-order valence-electron chi connectivity index (χ4n) is 3.00. The number of ether oxygens (including phenoxy) is 1. The summed E-state index contributed by atoms with van der Waals surface area (Å²) < 4.78 is 5.13. The Morgan fingerprint density at radius 3 is 3.09 bits per heavy atom. The predicted octanol–water partition coefficient (Wildman–Crippen LogP) is 3.09. The maximum atomic E-state index is 12.8. The van der Waals surface area contributed by atoms with Crippen LogP contribution in [0.2, 0.25) is 0 Å². The fraction of sp³-hybridized carbons (Fsp3) is 0.471. The van der Waals surface area contributed by atoms with Gasteiger partial charge in [-0.1, -0.05) is 0 Å². The molecule has 0 amide bonds. The Morgan fingerprint density at radius 2 is 2.35 bits per heavy atom. The molecular weight excluding hydrogens is 310 g/mol. The van der Waals surface area contributed by atoms with Gasteiger partial charge in [0, 0.05) is 32.2 Å². The van der Waals surface area contributed by atoms with Crippen molar-refractivity contribution in [3.63, 3.8) is 0 Å². The quantitative estimate of drug-likeness (QED) is 0.788. The van der Waals surface area contributed by atoms with Crippen molar-refractivity contribution in [1.82, 2.24) is 9.97 Å². The zero-order chi connectivity index (χ0) is 16.2. The van der Waals surface area contributed by atoms with E-state index in [0.717, 1.165) is 47.9 Å². The fourth-order valence-corrected chi connectivity index (χ4v) is 3.94. The number of carbonyl (C=O) groups excluding carboxylic acids is 1. The average Bonchev–Trinajstić information content (AvgIpc) is 3.01. The molecule has 1 aliphatic heterocycles. The minimum Gasteiger partial charge on any atom is -0.378 e. The average molecular weight is 331 g/mol. The van der Waals surface area contributed by atoms with Crippen LogP contribution in [0.4, 0.5) is 5.82 Å². The Hall–Kier alpha value is -1.79. The highest BCUT2D eigenvalue weighted by Gasteiger charge is 2.28. The molecule has 0 N–H and O–H groups in total. The summed E-state index contributed by atoms with van der Waals surface area (Å²) in [5.74, 6) is 1.20. The van der Waals surface area contributed by atoms with E-state index in [-0.39, 0.29) is 11.7 Å². The first-order valence-electron chi connectivity index (χ1n) is 7.82. The van der Waals surface area contributed by atoms with Crippen molar-refractivity contribution in [2.24, 2.45) is 5.92 Å². The van der Waals surface area contributed by atoms with Crippen LogP contribution in [0.3, 0.4) is 0 Å². The summed E-state index contributed by atoms with van der Waals surface area (Å²) in [6.45, 7) is 4.13. The normalized spacial score (nSPS) is 18.2. The van der Waals surface area contributed by atoms with Crippen LogP contribution in [0.1, 0.15) is 33.8 Å². The van der Waals surface area contributed by atoms with Crippen LogP contribution in [0, 0.1) is 12.8 Å². The number of anilines is 1. The molecule has 0 spiro atoms. The lowest BCUT2D eigenvalue weighted by Crippen LogP contribution is -2.39. The number of nitrogens with zero attached hydrogens (tertiary/aromatic N) is 3. The van der Waals surface area contributed by atoms with Crippen molar-refractivity contribution in [2.45, 2.75) is 26.4 Å². The lowest BCUT2D eigenvalue weighted by Gasteiger charge is -2.32. The first-order valence-corrected chi connectivity index (χ1v) is 8.70. The summed E-state index contributed by atoms with van der Waals surface area (Å²) >= 11 is 1.55. The van der Waals surface area contributed by atoms with E-state index in [4.69, 9.17) is 4.74 Å². The molecule has 2 aromatic rings. The molecule has 1 fully saturated rings. The second kappa shape index (κ2) is 7.19. The Balaban J connectivity index is 1.74. The molecule has 1 saturated heterocycles. The van der Waals surface area contributed by atoms with Crippen LogP contribution in [0.25, 0.3) is 0 Å². The van der Waals surface area contributed by atoms with Crippen LogP contribution >= 0.6 is 11.3 Å². The molecule has 0 aliphatic carbocycles. The highest BCUT2D eigenvalue weighted by Crippen LogP contribution is 2.27. The maximum Gasteiger partial charge on any atom is 0.177 e. The van der Waals surface area contributed by atoms with Crippen LogP contribution in [0.15, 0.2) is 23.8 Å². The number of ketones is 1. The third-order valence-corrected chi connectivity index (χ3v) is 5.23. The lowest BCUT2D eigenvalue weighted by atomic mass is 9.92. The van der Waals surface area contributed by atoms with Gasteiger partial charge in [-0.15, -0.1) is 11.3 Å². The van der Waals surface area contributed by atoms with Gasteiger partial charge < -0.3 is 9.64 Å². The largest absolute Gasteiger partial charge is 0.378 e. The topological polar surface area (TPSA) is 55.3 Å². The molecular formula is C17H21N3O2S. The monoisotopic (exact) mass is 331 g/mol. The van der Waals surface area contributed by atoms with Gasteiger partial charge in [0.15, 0.2) is 5.78 Å². The number of hydrogen-bond donors (Lipinski definition) is 0. The standard InChI is InChI=1S/C17H21N3O2S/c1-12-5-7-23-17(12)16(21)13-4-3-6-20(9-13)15-8-14(10-22-2)18-11-19-15/h5,7-8,11,13H,3-4,6,9-10H2,1-2H3/t13-/m0/s1. The van der Waals surface area contributed by atoms with Gasteiger partial charge >= 0.3 is 0 Å². The van der Waals surface area contributed by atoms with Crippen molar-refractivity contribution in [3.8, 4) is 0 Å². The van der Waals surface area contributed by atoms with E-state index >= 15 is 0 Å². The number of aromatic nitrogens is 2. The first kappa shape index (κ1) is 16.1. The van der Waals surface area contributed by atoms with E-state index in [0.29, 0.717) is 6.61 Å². The summed E-state index contributed by atoms with van der Waals surface area (Å²) in [5.41, 5.74) is 1.95. The molecule has 2 aromatic heterocycles. The molecule has 1 atom stereocenters. The van der Waals surface area contributed by atoms with E-state index in [2.05, 4.69) is 14.9 Å². The first-order chi connectivity index (χ1) is 11.2. The Bertz CT molecular complexity index is 686. The highest BCUT2D eigenvalue weighted by molar-refractivity contribution is 7.12. The highest BCUT2D eigenvalue weighted by atomic mass is 32.1. The number of carbonyl (C=O) groups is 1. The van der Waals surface area contributed by atoms with E-state index in [9.17, 15) is 4.79 Å². The van der Waals surface area contributed by atoms with Crippen molar-refractivity contribution in [3.05, 3.63) is 40.0 Å². The zero-order valence-corrected chi connectivity index (χ0v) is 14.3. The van der Waals surface area contributed by atoms with Gasteiger partial charge in [-0.25, -0.2) is 9.97 Å². The number of rotatable bonds is 5. The molecule has 0 saturated carbocycles. The summed E-state index contributed by atoms with van der Waals surface area (Å²) in [7, 11) is 1.65. The Kier molecular flexibility index (Phi) is 5.03. The third kappa shape index (κ3) is 3.59. The Labute approximate surface area is 140 Å². The SMILES string of the molecule is COCc1cc(N2CCC[C@H](C(=O)c3sccc3C)C2)ncn1. The third-order valence-electron chi connectivity index (χ3n) is 4.20. The van der Waals surface area contributed by atoms with E-state index in [1.165, 1.54) is 0 Å². The molecule has 122 valence electrons. The summed E-state index contributed by atoms with van der Waals surface area (Å²) in [6, 6.07) is 3.96. The number of Topliss-reactive ketones (excluding diaryl/α,β-unsaturated/α-hetero) is 1. The van der Waals surface area contributed by atoms with Crippen LogP contribution in [0.5, 0.6) is 0 Å². The molecule has 0 radical (unpaired) electrons. The summed E-state index contributed by atoms with van der Waals surface area (Å²) in [4.78, 5) is 24.4. The van der Waals surface area contributed by atoms with E-state index in [1.54, 1.807) is 24.8 Å². The second-order valence-corrected chi connectivity index (χ2v) is 6.80. The van der Waals surface area contributed by atoms with Crippen molar-refractivity contribution < 1.29 is 9.53 Å². The van der Waals surface area contributed by atoms with Crippen LogP contribution < -0.4 is 4.90 Å².